The highest BCUT2D eigenvalue weighted by Gasteiger charge is 2.05. The number of hydrogen-bond donors (Lipinski definition) is 0. The van der Waals surface area contributed by atoms with E-state index in [9.17, 15) is 0 Å². The lowest BCUT2D eigenvalue weighted by atomic mass is 10.1. The molecule has 0 N–H and O–H groups in total. The van der Waals surface area contributed by atoms with Gasteiger partial charge in [0.15, 0.2) is 0 Å². The Morgan fingerprint density at radius 3 is 3.00 bits per heavy atom. The van der Waals surface area contributed by atoms with Gasteiger partial charge in [0.25, 0.3) is 0 Å². The van der Waals surface area contributed by atoms with Crippen LogP contribution < -0.4 is 0 Å². The van der Waals surface area contributed by atoms with Crippen molar-refractivity contribution in [1.29, 1.82) is 0 Å². The van der Waals surface area contributed by atoms with Gasteiger partial charge in [0.05, 0.1) is 10.5 Å². The summed E-state index contributed by atoms with van der Waals surface area (Å²) in [6, 6.07) is 8.03. The molecule has 1 nitrogen and oxygen atoms in total. The van der Waals surface area contributed by atoms with Gasteiger partial charge in [0.2, 0.25) is 0 Å². The molecule has 2 aromatic heterocycles. The van der Waals surface area contributed by atoms with Gasteiger partial charge >= 0.3 is 0 Å². The van der Waals surface area contributed by atoms with E-state index in [1.54, 1.807) is 17.5 Å². The van der Waals surface area contributed by atoms with Crippen LogP contribution in [0.1, 0.15) is 0 Å². The average molecular weight is 220 g/mol. The topological polar surface area (TPSA) is 12.9 Å². The molecule has 0 amide bonds. The first-order valence-electron chi connectivity index (χ1n) is 4.27. The fourth-order valence-electron chi connectivity index (χ4n) is 1.66. The van der Waals surface area contributed by atoms with E-state index >= 15 is 0 Å². The molecule has 0 saturated carbocycles. The van der Waals surface area contributed by atoms with E-state index in [4.69, 9.17) is 11.6 Å². The predicted molar refractivity (Wildman–Crippen MR) is 62.1 cm³/mol. The van der Waals surface area contributed by atoms with Crippen molar-refractivity contribution < 1.29 is 0 Å². The Balaban J connectivity index is 2.67. The number of fused-ring (bicyclic) bond motifs is 3. The molecule has 3 aromatic rings. The second-order valence-corrected chi connectivity index (χ2v) is 4.44. The second kappa shape index (κ2) is 2.94. The fraction of sp³-hybridized carbons (Fsp3) is 0. The Morgan fingerprint density at radius 1 is 1.14 bits per heavy atom. The van der Waals surface area contributed by atoms with Crippen molar-refractivity contribution in [1.82, 2.24) is 4.98 Å². The number of nitrogens with zero attached hydrogens (tertiary/aromatic N) is 1. The summed E-state index contributed by atoms with van der Waals surface area (Å²) in [6.45, 7) is 0. The number of benzene rings is 1. The molecule has 68 valence electrons. The van der Waals surface area contributed by atoms with Crippen LogP contribution in [0.25, 0.3) is 21.0 Å². The third kappa shape index (κ3) is 1.04. The van der Waals surface area contributed by atoms with E-state index in [2.05, 4.69) is 22.5 Å². The zero-order chi connectivity index (χ0) is 9.54. The highest BCUT2D eigenvalue weighted by Crippen LogP contribution is 2.32. The Labute approximate surface area is 90.0 Å². The van der Waals surface area contributed by atoms with Crippen LogP contribution in [-0.2, 0) is 0 Å². The molecule has 0 atom stereocenters. The molecule has 0 fully saturated rings. The van der Waals surface area contributed by atoms with Gasteiger partial charge in [-0.05, 0) is 29.6 Å². The van der Waals surface area contributed by atoms with Crippen LogP contribution >= 0.6 is 22.9 Å². The largest absolute Gasteiger partial charge is 0.256 e. The first kappa shape index (κ1) is 8.21. The molecule has 3 heteroatoms. The van der Waals surface area contributed by atoms with E-state index in [1.807, 2.05) is 12.1 Å². The molecular weight excluding hydrogens is 214 g/mol. The van der Waals surface area contributed by atoms with Gasteiger partial charge in [-0.25, -0.2) is 0 Å². The molecule has 0 saturated heterocycles. The van der Waals surface area contributed by atoms with Crippen LogP contribution in [0.5, 0.6) is 0 Å². The van der Waals surface area contributed by atoms with Crippen LogP contribution in [-0.4, -0.2) is 4.98 Å². The number of rotatable bonds is 0. The van der Waals surface area contributed by atoms with Gasteiger partial charge < -0.3 is 0 Å². The number of halogens is 1. The zero-order valence-electron chi connectivity index (χ0n) is 7.20. The Kier molecular flexibility index (Phi) is 1.72. The van der Waals surface area contributed by atoms with Gasteiger partial charge in [-0.2, -0.15) is 0 Å². The van der Waals surface area contributed by atoms with Crippen molar-refractivity contribution in [2.24, 2.45) is 0 Å². The Morgan fingerprint density at radius 2 is 2.07 bits per heavy atom. The van der Waals surface area contributed by atoms with Crippen LogP contribution in [0.2, 0.25) is 5.02 Å². The van der Waals surface area contributed by atoms with Gasteiger partial charge in [0, 0.05) is 21.7 Å². The summed E-state index contributed by atoms with van der Waals surface area (Å²) in [6.07, 6.45) is 1.74. The third-order valence-electron chi connectivity index (χ3n) is 2.29. The number of thiophene rings is 1. The maximum atomic E-state index is 6.16. The van der Waals surface area contributed by atoms with Crippen molar-refractivity contribution in [3.8, 4) is 0 Å². The molecule has 3 rings (SSSR count). The minimum absolute atomic E-state index is 0.777. The van der Waals surface area contributed by atoms with E-state index in [-0.39, 0.29) is 0 Å². The molecule has 0 spiro atoms. The van der Waals surface area contributed by atoms with Crippen molar-refractivity contribution >= 4 is 43.9 Å². The molecule has 0 radical (unpaired) electrons. The van der Waals surface area contributed by atoms with Crippen LogP contribution in [0.3, 0.4) is 0 Å². The van der Waals surface area contributed by atoms with Crippen molar-refractivity contribution in [2.45, 2.75) is 0 Å². The van der Waals surface area contributed by atoms with Gasteiger partial charge in [-0.15, -0.1) is 11.3 Å². The Bertz CT molecular complexity index is 615. The lowest BCUT2D eigenvalue weighted by molar-refractivity contribution is 1.42. The van der Waals surface area contributed by atoms with E-state index < -0.39 is 0 Å². The summed E-state index contributed by atoms with van der Waals surface area (Å²) >= 11 is 7.88. The summed E-state index contributed by atoms with van der Waals surface area (Å²) in [7, 11) is 0. The van der Waals surface area contributed by atoms with Crippen molar-refractivity contribution in [3.63, 3.8) is 0 Å². The summed E-state index contributed by atoms with van der Waals surface area (Å²) in [5.41, 5.74) is 0.961. The first-order valence-corrected chi connectivity index (χ1v) is 5.52. The number of pyridine rings is 1. The maximum Gasteiger partial charge on any atom is 0.0724 e. The summed E-state index contributed by atoms with van der Waals surface area (Å²) in [5, 5.41) is 5.12. The summed E-state index contributed by atoms with van der Waals surface area (Å²) in [4.78, 5) is 4.29. The normalized spacial score (nSPS) is 11.2. The highest BCUT2D eigenvalue weighted by atomic mass is 35.5. The monoisotopic (exact) mass is 219 g/mol. The number of hydrogen-bond acceptors (Lipinski definition) is 2. The molecule has 0 bridgehead atoms. The minimum atomic E-state index is 0.777. The quantitative estimate of drug-likeness (QED) is 0.555. The smallest absolute Gasteiger partial charge is 0.0724 e. The zero-order valence-corrected chi connectivity index (χ0v) is 8.77. The molecule has 0 aliphatic heterocycles. The van der Waals surface area contributed by atoms with E-state index in [0.717, 1.165) is 15.9 Å². The molecular formula is C11H6ClNS. The van der Waals surface area contributed by atoms with Gasteiger partial charge in [0.1, 0.15) is 0 Å². The lowest BCUT2D eigenvalue weighted by Crippen LogP contribution is -1.78. The van der Waals surface area contributed by atoms with Crippen molar-refractivity contribution in [2.75, 3.05) is 0 Å². The average Bonchev–Trinajstić information content (AvgIpc) is 2.65. The lowest BCUT2D eigenvalue weighted by Gasteiger charge is -2.00. The molecule has 0 aliphatic rings. The van der Waals surface area contributed by atoms with E-state index in [1.165, 1.54) is 10.1 Å². The molecule has 0 aliphatic carbocycles. The van der Waals surface area contributed by atoms with Crippen molar-refractivity contribution in [3.05, 3.63) is 40.9 Å². The SMILES string of the molecule is Clc1ccnc2ccc3sccc3c12. The van der Waals surface area contributed by atoms with Gasteiger partial charge in [-0.3, -0.25) is 4.98 Å². The fourth-order valence-corrected chi connectivity index (χ4v) is 2.71. The summed E-state index contributed by atoms with van der Waals surface area (Å²) in [5.74, 6) is 0. The highest BCUT2D eigenvalue weighted by molar-refractivity contribution is 7.17. The predicted octanol–water partition coefficient (Wildman–Crippen LogP) is 4.10. The second-order valence-electron chi connectivity index (χ2n) is 3.08. The summed E-state index contributed by atoms with van der Waals surface area (Å²) < 4.78 is 1.26. The number of aromatic nitrogens is 1. The minimum Gasteiger partial charge on any atom is -0.256 e. The van der Waals surface area contributed by atoms with Crippen LogP contribution in [0.4, 0.5) is 0 Å². The van der Waals surface area contributed by atoms with Crippen LogP contribution in [0, 0.1) is 0 Å². The third-order valence-corrected chi connectivity index (χ3v) is 3.48. The molecule has 2 heterocycles. The molecule has 14 heavy (non-hydrogen) atoms. The molecule has 0 unspecified atom stereocenters. The standard InChI is InChI=1S/C11H6ClNS/c12-8-3-5-13-9-1-2-10-7(11(8)9)4-6-14-10/h1-6H. The molecule has 1 aromatic carbocycles. The maximum absolute atomic E-state index is 6.16. The van der Waals surface area contributed by atoms with E-state index in [0.29, 0.717) is 0 Å². The van der Waals surface area contributed by atoms with Gasteiger partial charge in [-0.1, -0.05) is 11.6 Å². The first-order chi connectivity index (χ1) is 6.86. The van der Waals surface area contributed by atoms with Crippen LogP contribution in [0.15, 0.2) is 35.8 Å². The Hall–Kier alpha value is -1.12.